The van der Waals surface area contributed by atoms with Crippen LogP contribution in [0.15, 0.2) is 59.5 Å². The number of rotatable bonds is 8. The van der Waals surface area contributed by atoms with Gasteiger partial charge in [0.2, 0.25) is 0 Å². The second-order valence-electron chi connectivity index (χ2n) is 5.75. The molecule has 1 aliphatic rings. The molecule has 1 fully saturated rings. The van der Waals surface area contributed by atoms with Crippen molar-refractivity contribution >= 4 is 35.0 Å². The predicted octanol–water partition coefficient (Wildman–Crippen LogP) is 3.27. The van der Waals surface area contributed by atoms with Gasteiger partial charge < -0.3 is 14.6 Å². The van der Waals surface area contributed by atoms with E-state index in [0.29, 0.717) is 22.0 Å². The first-order valence-corrected chi connectivity index (χ1v) is 9.22. The zero-order chi connectivity index (χ0) is 19.9. The lowest BCUT2D eigenvalue weighted by atomic mass is 10.2. The van der Waals surface area contributed by atoms with Gasteiger partial charge in [0, 0.05) is 0 Å². The van der Waals surface area contributed by atoms with Crippen LogP contribution in [0.1, 0.15) is 5.56 Å². The Hall–Kier alpha value is -3.26. The standard InChI is InChI=1S/C20H17NO6S/c22-18(23)13-27-16-8-4-5-14(11-16)12-17-19(24)21(20(25)28-17)9-10-26-15-6-2-1-3-7-15/h1-8,11-12H,9-10,13H2,(H,22,23)/b17-12-. The number of hydrogen-bond acceptors (Lipinski definition) is 6. The van der Waals surface area contributed by atoms with Gasteiger partial charge in [-0.2, -0.15) is 0 Å². The van der Waals surface area contributed by atoms with Crippen molar-refractivity contribution in [1.29, 1.82) is 0 Å². The molecule has 1 N–H and O–H groups in total. The van der Waals surface area contributed by atoms with Gasteiger partial charge >= 0.3 is 5.97 Å². The second kappa shape index (κ2) is 9.09. The van der Waals surface area contributed by atoms with Gasteiger partial charge in [0.1, 0.15) is 18.1 Å². The lowest BCUT2D eigenvalue weighted by Crippen LogP contribution is -2.32. The fourth-order valence-corrected chi connectivity index (χ4v) is 3.32. The van der Waals surface area contributed by atoms with E-state index >= 15 is 0 Å². The number of ether oxygens (including phenoxy) is 2. The van der Waals surface area contributed by atoms with Gasteiger partial charge in [-0.15, -0.1) is 0 Å². The van der Waals surface area contributed by atoms with Crippen molar-refractivity contribution in [3.63, 3.8) is 0 Å². The summed E-state index contributed by atoms with van der Waals surface area (Å²) in [5, 5.41) is 8.32. The molecule has 2 amide bonds. The lowest BCUT2D eigenvalue weighted by Gasteiger charge is -2.13. The highest BCUT2D eigenvalue weighted by Crippen LogP contribution is 2.32. The minimum absolute atomic E-state index is 0.151. The van der Waals surface area contributed by atoms with Crippen molar-refractivity contribution in [3.05, 3.63) is 65.1 Å². The summed E-state index contributed by atoms with van der Waals surface area (Å²) < 4.78 is 10.7. The van der Waals surface area contributed by atoms with Crippen LogP contribution in [0.3, 0.4) is 0 Å². The third-order valence-corrected chi connectivity index (χ3v) is 4.63. The molecule has 8 heteroatoms. The number of carboxylic acid groups (broad SMARTS) is 1. The summed E-state index contributed by atoms with van der Waals surface area (Å²) in [6, 6.07) is 15.8. The molecular formula is C20H17NO6S. The molecule has 0 spiro atoms. The minimum Gasteiger partial charge on any atom is -0.492 e. The maximum atomic E-state index is 12.5. The van der Waals surface area contributed by atoms with Crippen LogP contribution in [0.25, 0.3) is 6.08 Å². The van der Waals surface area contributed by atoms with Gasteiger partial charge in [0.05, 0.1) is 11.4 Å². The maximum Gasteiger partial charge on any atom is 0.341 e. The zero-order valence-electron chi connectivity index (χ0n) is 14.7. The van der Waals surface area contributed by atoms with E-state index in [1.807, 2.05) is 18.2 Å². The molecule has 0 radical (unpaired) electrons. The number of imide groups is 1. The number of amides is 2. The molecule has 0 saturated carbocycles. The van der Waals surface area contributed by atoms with Crippen molar-refractivity contribution < 1.29 is 29.0 Å². The molecule has 28 heavy (non-hydrogen) atoms. The number of hydrogen-bond donors (Lipinski definition) is 1. The van der Waals surface area contributed by atoms with Crippen molar-refractivity contribution in [2.24, 2.45) is 0 Å². The fraction of sp³-hybridized carbons (Fsp3) is 0.150. The van der Waals surface area contributed by atoms with Crippen LogP contribution < -0.4 is 9.47 Å². The van der Waals surface area contributed by atoms with E-state index < -0.39 is 12.6 Å². The van der Waals surface area contributed by atoms with Gasteiger partial charge in [-0.3, -0.25) is 14.5 Å². The Morgan fingerprint density at radius 1 is 1.04 bits per heavy atom. The summed E-state index contributed by atoms with van der Waals surface area (Å²) >= 11 is 0.855. The Kier molecular flexibility index (Phi) is 6.33. The normalized spacial score (nSPS) is 15.1. The van der Waals surface area contributed by atoms with E-state index in [-0.39, 0.29) is 24.3 Å². The molecular weight excluding hydrogens is 382 g/mol. The van der Waals surface area contributed by atoms with E-state index in [2.05, 4.69) is 0 Å². The smallest absolute Gasteiger partial charge is 0.341 e. The monoisotopic (exact) mass is 399 g/mol. The lowest BCUT2D eigenvalue weighted by molar-refractivity contribution is -0.139. The van der Waals surface area contributed by atoms with E-state index in [0.717, 1.165) is 16.7 Å². The number of thioether (sulfide) groups is 1. The molecule has 0 unspecified atom stereocenters. The van der Waals surface area contributed by atoms with Crippen LogP contribution in [-0.4, -0.2) is 46.9 Å². The van der Waals surface area contributed by atoms with Crippen LogP contribution in [-0.2, 0) is 9.59 Å². The summed E-state index contributed by atoms with van der Waals surface area (Å²) in [7, 11) is 0. The van der Waals surface area contributed by atoms with Crippen LogP contribution in [0.2, 0.25) is 0 Å². The Morgan fingerprint density at radius 3 is 2.54 bits per heavy atom. The number of aliphatic carboxylic acids is 1. The summed E-state index contributed by atoms with van der Waals surface area (Å²) in [5.41, 5.74) is 0.633. The Balaban J connectivity index is 1.62. The molecule has 0 bridgehead atoms. The van der Waals surface area contributed by atoms with Crippen LogP contribution in [0, 0.1) is 0 Å². The fourth-order valence-electron chi connectivity index (χ4n) is 2.45. The van der Waals surface area contributed by atoms with Crippen molar-refractivity contribution in [3.8, 4) is 11.5 Å². The largest absolute Gasteiger partial charge is 0.492 e. The molecule has 2 aromatic carbocycles. The van der Waals surface area contributed by atoms with Crippen molar-refractivity contribution in [1.82, 2.24) is 4.90 Å². The summed E-state index contributed by atoms with van der Waals surface area (Å²) in [4.78, 5) is 36.7. The van der Waals surface area contributed by atoms with Crippen molar-refractivity contribution in [2.75, 3.05) is 19.8 Å². The molecule has 1 aliphatic heterocycles. The third kappa shape index (κ3) is 5.14. The van der Waals surface area contributed by atoms with Crippen molar-refractivity contribution in [2.45, 2.75) is 0 Å². The Labute approximate surface area is 165 Å². The summed E-state index contributed by atoms with van der Waals surface area (Å²) in [6.45, 7) is -0.103. The topological polar surface area (TPSA) is 93.1 Å². The summed E-state index contributed by atoms with van der Waals surface area (Å²) in [6.07, 6.45) is 1.58. The molecule has 0 atom stereocenters. The van der Waals surface area contributed by atoms with Crippen LogP contribution in [0.4, 0.5) is 4.79 Å². The van der Waals surface area contributed by atoms with Gasteiger partial charge in [0.25, 0.3) is 11.1 Å². The van der Waals surface area contributed by atoms with Gasteiger partial charge in [-0.25, -0.2) is 4.79 Å². The molecule has 144 valence electrons. The average Bonchev–Trinajstić information content (AvgIpc) is 2.95. The highest BCUT2D eigenvalue weighted by molar-refractivity contribution is 8.18. The maximum absolute atomic E-state index is 12.5. The first-order valence-electron chi connectivity index (χ1n) is 8.41. The molecule has 7 nitrogen and oxygen atoms in total. The first-order chi connectivity index (χ1) is 13.5. The SMILES string of the molecule is O=C(O)COc1cccc(/C=C2\SC(=O)N(CCOc3ccccc3)C2=O)c1. The number of carboxylic acids is 1. The summed E-state index contributed by atoms with van der Waals surface area (Å²) in [5.74, 6) is -0.428. The Bertz CT molecular complexity index is 912. The predicted molar refractivity (Wildman–Crippen MR) is 104 cm³/mol. The van der Waals surface area contributed by atoms with Gasteiger partial charge in [0.15, 0.2) is 6.61 Å². The zero-order valence-corrected chi connectivity index (χ0v) is 15.6. The number of nitrogens with zero attached hydrogens (tertiary/aromatic N) is 1. The molecule has 1 saturated heterocycles. The Morgan fingerprint density at radius 2 is 1.79 bits per heavy atom. The molecule has 2 aromatic rings. The number of benzene rings is 2. The number of carbonyl (C=O) groups is 3. The van der Waals surface area contributed by atoms with E-state index in [1.165, 1.54) is 0 Å². The minimum atomic E-state index is -1.08. The third-order valence-electron chi connectivity index (χ3n) is 3.72. The van der Waals surface area contributed by atoms with Gasteiger partial charge in [-0.1, -0.05) is 30.3 Å². The van der Waals surface area contributed by atoms with E-state index in [9.17, 15) is 14.4 Å². The first kappa shape index (κ1) is 19.5. The van der Waals surface area contributed by atoms with Crippen LogP contribution >= 0.6 is 11.8 Å². The number of para-hydroxylation sites is 1. The molecule has 1 heterocycles. The highest BCUT2D eigenvalue weighted by Gasteiger charge is 2.34. The second-order valence-corrected chi connectivity index (χ2v) is 6.74. The molecule has 0 aromatic heterocycles. The quantitative estimate of drug-likeness (QED) is 0.681. The van der Waals surface area contributed by atoms with Crippen LogP contribution in [0.5, 0.6) is 11.5 Å². The van der Waals surface area contributed by atoms with Gasteiger partial charge in [-0.05, 0) is 47.7 Å². The number of carbonyl (C=O) groups excluding carboxylic acids is 2. The molecule has 3 rings (SSSR count). The average molecular weight is 399 g/mol. The van der Waals surface area contributed by atoms with E-state index in [4.69, 9.17) is 14.6 Å². The molecule has 0 aliphatic carbocycles. The van der Waals surface area contributed by atoms with E-state index in [1.54, 1.807) is 42.5 Å². The highest BCUT2D eigenvalue weighted by atomic mass is 32.2.